The first-order valence-electron chi connectivity index (χ1n) is 11.1. The Balaban J connectivity index is 0.000000300. The molecular weight excluding hydrogens is 512 g/mol. The van der Waals surface area contributed by atoms with Crippen LogP contribution in [0.4, 0.5) is 0 Å². The molecule has 4 saturated carbocycles. The maximum atomic E-state index is 12.9. The first kappa shape index (κ1) is 30.6. The first-order chi connectivity index (χ1) is 16.3. The zero-order valence-electron chi connectivity index (χ0n) is 19.2. The van der Waals surface area contributed by atoms with Crippen LogP contribution in [0.3, 0.4) is 0 Å². The van der Waals surface area contributed by atoms with E-state index < -0.39 is 0 Å². The van der Waals surface area contributed by atoms with Crippen LogP contribution in [0.1, 0.15) is 5.56 Å². The van der Waals surface area contributed by atoms with Crippen molar-refractivity contribution in [2.24, 2.45) is 5.92 Å². The average Bonchev–Trinajstić information content (AvgIpc) is 3.68. The Kier molecular flexibility index (Phi) is 14.3. The van der Waals surface area contributed by atoms with Crippen molar-refractivity contribution in [2.45, 2.75) is 0 Å². The summed E-state index contributed by atoms with van der Waals surface area (Å²) in [6.45, 7) is 4.22. The van der Waals surface area contributed by atoms with Crippen molar-refractivity contribution in [1.82, 2.24) is 0 Å². The number of allylic oxidation sites excluding steroid dienone is 3. The van der Waals surface area contributed by atoms with Crippen LogP contribution in [0.2, 0.25) is 0 Å². The number of hydrogen-bond donors (Lipinski definition) is 0. The average molecular weight is 538 g/mol. The summed E-state index contributed by atoms with van der Waals surface area (Å²) < 4.78 is 0. The third kappa shape index (κ3) is 8.20. The van der Waals surface area contributed by atoms with Gasteiger partial charge in [-0.05, 0) is 132 Å². The van der Waals surface area contributed by atoms with E-state index in [2.05, 4.69) is 19.4 Å². The third-order valence-corrected chi connectivity index (χ3v) is 5.60. The van der Waals surface area contributed by atoms with Gasteiger partial charge in [0, 0.05) is 51.5 Å². The first-order valence-corrected chi connectivity index (χ1v) is 11.1. The van der Waals surface area contributed by atoms with Gasteiger partial charge in [0.1, 0.15) is 0 Å². The van der Waals surface area contributed by atoms with E-state index >= 15 is 0 Å². The number of benzene rings is 1. The second kappa shape index (κ2) is 16.3. The molecule has 0 aromatic heterocycles. The summed E-state index contributed by atoms with van der Waals surface area (Å²) in [5.74, 6) is 2.04. The molecule has 4 fully saturated rings. The van der Waals surface area contributed by atoms with Gasteiger partial charge in [0.15, 0.2) is 5.78 Å². The largest absolute Gasteiger partial charge is 0.293 e. The van der Waals surface area contributed by atoms with Gasteiger partial charge in [0.2, 0.25) is 0 Å². The molecule has 1 aromatic rings. The normalized spacial score (nSPS) is 23.9. The van der Waals surface area contributed by atoms with Crippen molar-refractivity contribution in [2.75, 3.05) is 0 Å². The summed E-state index contributed by atoms with van der Waals surface area (Å²) in [5, 5.41) is 0. The SMILES string of the molecule is C=C(c1ccccc1)C1C(=O)C([C]2[CH][CH][CH][CH]2)=C1[C]1[CH][CH][CH][CH]1.[CH]1[CH][CH][CH][CH]1.[CH]1[CH][CH][CH][CH]1.[Fe].[Fe]. The minimum Gasteiger partial charge on any atom is -0.293 e. The van der Waals surface area contributed by atoms with Crippen LogP contribution >= 0.6 is 0 Å². The maximum Gasteiger partial charge on any atom is 0.171 e. The Hall–Kier alpha value is -0.591. The van der Waals surface area contributed by atoms with Gasteiger partial charge in [-0.25, -0.2) is 0 Å². The van der Waals surface area contributed by atoms with E-state index in [0.717, 1.165) is 34.1 Å². The van der Waals surface area contributed by atoms with E-state index in [-0.39, 0.29) is 45.8 Å². The Labute approximate surface area is 236 Å². The summed E-state index contributed by atoms with van der Waals surface area (Å²) in [6, 6.07) is 9.96. The van der Waals surface area contributed by atoms with Gasteiger partial charge >= 0.3 is 0 Å². The number of rotatable bonds is 4. The fourth-order valence-electron chi connectivity index (χ4n) is 3.97. The van der Waals surface area contributed by atoms with Gasteiger partial charge in [0.05, 0.1) is 5.92 Å². The minimum atomic E-state index is -0.246. The molecule has 5 aliphatic carbocycles. The fraction of sp³-hybridized carbons (Fsp3) is 0.0312. The molecule has 0 bridgehead atoms. The minimum absolute atomic E-state index is 0. The number of carbonyl (C=O) groups is 1. The second-order valence-corrected chi connectivity index (χ2v) is 7.75. The zero-order chi connectivity index (χ0) is 22.9. The molecular formula is C32H26Fe2O. The molecule has 1 aromatic carbocycles. The summed E-state index contributed by atoms with van der Waals surface area (Å²) in [7, 11) is 0. The smallest absolute Gasteiger partial charge is 0.171 e. The standard InChI is InChI=1S/C22H16O.2C5H5.2Fe/c1-15(16-9-3-2-4-10-16)19-20(17-11-5-6-12-17)21(22(19)23)18-13-7-8-14-18;2*1-2-4-5-3-1;;/h2-14,19H,1H2;2*1-5H;;. The van der Waals surface area contributed by atoms with Crippen molar-refractivity contribution in [1.29, 1.82) is 0 Å². The van der Waals surface area contributed by atoms with E-state index in [0.29, 0.717) is 0 Å². The fourth-order valence-corrected chi connectivity index (χ4v) is 3.97. The van der Waals surface area contributed by atoms with Crippen LogP contribution in [0, 0.1) is 133 Å². The third-order valence-electron chi connectivity index (χ3n) is 5.60. The summed E-state index contributed by atoms with van der Waals surface area (Å²) in [6.07, 6.45) is 36.1. The molecule has 6 rings (SSSR count). The second-order valence-electron chi connectivity index (χ2n) is 7.75. The van der Waals surface area contributed by atoms with Gasteiger partial charge in [0.25, 0.3) is 0 Å². The monoisotopic (exact) mass is 538 g/mol. The molecule has 0 aliphatic heterocycles. The van der Waals surface area contributed by atoms with Gasteiger partial charge in [-0.1, -0.05) is 36.9 Å². The molecule has 5 aliphatic rings. The summed E-state index contributed by atoms with van der Waals surface area (Å²) in [5.41, 5.74) is 3.84. The molecule has 1 nitrogen and oxygen atoms in total. The molecule has 3 heteroatoms. The summed E-state index contributed by atoms with van der Waals surface area (Å²) >= 11 is 0. The summed E-state index contributed by atoms with van der Waals surface area (Å²) in [4.78, 5) is 12.9. The molecule has 0 heterocycles. The van der Waals surface area contributed by atoms with Crippen LogP contribution in [0.5, 0.6) is 0 Å². The molecule has 35 heavy (non-hydrogen) atoms. The number of Topliss-reactive ketones (excluding diaryl/α,β-unsaturated/α-hetero) is 1. The van der Waals surface area contributed by atoms with E-state index in [9.17, 15) is 4.79 Å². The Morgan fingerprint density at radius 3 is 1.40 bits per heavy atom. The predicted molar refractivity (Wildman–Crippen MR) is 135 cm³/mol. The van der Waals surface area contributed by atoms with Crippen LogP contribution in [-0.4, -0.2) is 5.78 Å². The number of ketones is 1. The zero-order valence-corrected chi connectivity index (χ0v) is 21.4. The molecule has 1 unspecified atom stereocenters. The molecule has 0 N–H and O–H groups in total. The van der Waals surface area contributed by atoms with Crippen molar-refractivity contribution in [3.05, 3.63) is 181 Å². The van der Waals surface area contributed by atoms with E-state index in [1.165, 1.54) is 0 Å². The van der Waals surface area contributed by atoms with Crippen molar-refractivity contribution in [3.63, 3.8) is 0 Å². The number of carbonyl (C=O) groups excluding carboxylic acids is 1. The number of hydrogen-bond acceptors (Lipinski definition) is 1. The molecule has 176 valence electrons. The van der Waals surface area contributed by atoms with Gasteiger partial charge < -0.3 is 0 Å². The van der Waals surface area contributed by atoms with Gasteiger partial charge in [-0.2, -0.15) is 0 Å². The molecule has 0 amide bonds. The van der Waals surface area contributed by atoms with Crippen molar-refractivity contribution in [3.8, 4) is 0 Å². The Bertz CT molecular complexity index is 767. The predicted octanol–water partition coefficient (Wildman–Crippen LogP) is 6.04. The molecule has 20 radical (unpaired) electrons. The van der Waals surface area contributed by atoms with Gasteiger partial charge in [-0.3, -0.25) is 4.79 Å². The Morgan fingerprint density at radius 2 is 0.971 bits per heavy atom. The van der Waals surface area contributed by atoms with Crippen LogP contribution in [-0.2, 0) is 38.9 Å². The topological polar surface area (TPSA) is 17.1 Å². The maximum absolute atomic E-state index is 12.9. The van der Waals surface area contributed by atoms with E-state index in [1.54, 1.807) is 0 Å². The molecule has 0 spiro atoms. The molecule has 0 saturated heterocycles. The van der Waals surface area contributed by atoms with Crippen LogP contribution in [0.15, 0.2) is 48.1 Å². The molecule has 1 atom stereocenters. The van der Waals surface area contributed by atoms with Crippen LogP contribution < -0.4 is 0 Å². The van der Waals surface area contributed by atoms with E-state index in [1.807, 2.05) is 133 Å². The van der Waals surface area contributed by atoms with Crippen molar-refractivity contribution < 1.29 is 38.9 Å². The van der Waals surface area contributed by atoms with Crippen molar-refractivity contribution >= 4 is 11.4 Å². The van der Waals surface area contributed by atoms with E-state index in [4.69, 9.17) is 0 Å². The van der Waals surface area contributed by atoms with Crippen LogP contribution in [0.25, 0.3) is 5.57 Å². The quantitative estimate of drug-likeness (QED) is 0.428. The van der Waals surface area contributed by atoms with Gasteiger partial charge in [-0.15, -0.1) is 0 Å². The Morgan fingerprint density at radius 1 is 0.571 bits per heavy atom.